The topological polar surface area (TPSA) is 50.9 Å². The molecule has 2 aromatic heterocycles. The summed E-state index contributed by atoms with van der Waals surface area (Å²) in [5.41, 5.74) is 2.24. The lowest BCUT2D eigenvalue weighted by Gasteiger charge is -2.02. The van der Waals surface area contributed by atoms with Crippen molar-refractivity contribution in [2.24, 2.45) is 12.1 Å². The fraction of sp³-hybridized carbons (Fsp3) is 0.267. The Hall–Kier alpha value is -2.21. The number of hydrogen-bond donors (Lipinski definition) is 1. The van der Waals surface area contributed by atoms with E-state index in [0.717, 1.165) is 11.4 Å². The van der Waals surface area contributed by atoms with E-state index in [1.165, 1.54) is 10.9 Å². The molecule has 0 unspecified atom stereocenters. The number of aromatic nitrogens is 4. The Kier molecular flexibility index (Phi) is 3.47. The minimum Gasteiger partial charge on any atom is -0.350 e. The Balaban J connectivity index is 2.07. The van der Waals surface area contributed by atoms with Crippen molar-refractivity contribution in [2.45, 2.75) is 19.8 Å². The molecule has 1 aromatic carbocycles. The summed E-state index contributed by atoms with van der Waals surface area (Å²) in [5, 5.41) is 12.7. The lowest BCUT2D eigenvalue weighted by molar-refractivity contribution is 0.695. The van der Waals surface area contributed by atoms with Crippen molar-refractivity contribution in [3.63, 3.8) is 0 Å². The largest absolute Gasteiger partial charge is 0.350 e. The van der Waals surface area contributed by atoms with Crippen LogP contribution >= 0.6 is 12.2 Å². The molecule has 21 heavy (non-hydrogen) atoms. The lowest BCUT2D eigenvalue weighted by atomic mass is 10.2. The van der Waals surface area contributed by atoms with Gasteiger partial charge in [0.05, 0.1) is 6.21 Å². The molecule has 0 saturated carbocycles. The summed E-state index contributed by atoms with van der Waals surface area (Å²) >= 11 is 5.23. The maximum absolute atomic E-state index is 5.23. The fourth-order valence-corrected chi connectivity index (χ4v) is 2.57. The number of H-pyrrole nitrogens is 1. The third kappa shape index (κ3) is 2.42. The number of fused-ring (bicyclic) bond motifs is 1. The summed E-state index contributed by atoms with van der Waals surface area (Å²) in [6.07, 6.45) is 3.90. The van der Waals surface area contributed by atoms with Gasteiger partial charge in [0.25, 0.3) is 0 Å². The van der Waals surface area contributed by atoms with E-state index in [0.29, 0.717) is 4.77 Å². The lowest BCUT2D eigenvalue weighted by Crippen LogP contribution is -2.00. The second-order valence-electron chi connectivity index (χ2n) is 5.31. The first kappa shape index (κ1) is 13.8. The molecule has 0 atom stereocenters. The average molecular weight is 299 g/mol. The van der Waals surface area contributed by atoms with Crippen molar-refractivity contribution in [3.05, 3.63) is 46.6 Å². The molecule has 2 heterocycles. The van der Waals surface area contributed by atoms with Crippen LogP contribution in [0, 0.1) is 4.77 Å². The third-order valence-corrected chi connectivity index (χ3v) is 3.70. The fourth-order valence-electron chi connectivity index (χ4n) is 2.38. The zero-order valence-corrected chi connectivity index (χ0v) is 13.1. The first-order valence-electron chi connectivity index (χ1n) is 6.83. The summed E-state index contributed by atoms with van der Waals surface area (Å²) in [6.45, 7) is 4.13. The van der Waals surface area contributed by atoms with Gasteiger partial charge >= 0.3 is 0 Å². The number of hydrogen-bond acceptors (Lipinski definition) is 3. The molecule has 6 heteroatoms. The summed E-state index contributed by atoms with van der Waals surface area (Å²) < 4.78 is 4.28. The van der Waals surface area contributed by atoms with Gasteiger partial charge in [-0.25, -0.2) is 0 Å². The van der Waals surface area contributed by atoms with Crippen LogP contribution in [0.3, 0.4) is 0 Å². The Bertz CT molecular complexity index is 866. The van der Waals surface area contributed by atoms with Crippen LogP contribution in [-0.4, -0.2) is 25.7 Å². The summed E-state index contributed by atoms with van der Waals surface area (Å²) in [6, 6.07) is 8.25. The number of aromatic amines is 1. The quantitative estimate of drug-likeness (QED) is 0.595. The highest BCUT2D eigenvalue weighted by atomic mass is 32.1. The number of rotatable bonds is 3. The molecule has 3 rings (SSSR count). The van der Waals surface area contributed by atoms with Gasteiger partial charge in [-0.3, -0.25) is 5.10 Å². The predicted octanol–water partition coefficient (Wildman–Crippen LogP) is 3.44. The van der Waals surface area contributed by atoms with E-state index in [4.69, 9.17) is 12.2 Å². The number of benzene rings is 1. The highest BCUT2D eigenvalue weighted by Gasteiger charge is 2.09. The van der Waals surface area contributed by atoms with Gasteiger partial charge in [0, 0.05) is 35.6 Å². The van der Waals surface area contributed by atoms with Crippen molar-refractivity contribution in [2.75, 3.05) is 0 Å². The van der Waals surface area contributed by atoms with E-state index in [9.17, 15) is 0 Å². The second-order valence-corrected chi connectivity index (χ2v) is 5.70. The molecule has 1 N–H and O–H groups in total. The number of nitrogens with one attached hydrogen (secondary N) is 1. The summed E-state index contributed by atoms with van der Waals surface area (Å²) in [7, 11) is 2.03. The SMILES string of the molecule is CC(C)c1n[nH]c(=S)n1/N=C\c1cn(C)c2ccccc12. The van der Waals surface area contributed by atoms with E-state index in [2.05, 4.69) is 52.0 Å². The van der Waals surface area contributed by atoms with Crippen molar-refractivity contribution < 1.29 is 0 Å². The summed E-state index contributed by atoms with van der Waals surface area (Å²) in [5.74, 6) is 1.08. The first-order valence-corrected chi connectivity index (χ1v) is 7.24. The molecule has 0 aliphatic heterocycles. The van der Waals surface area contributed by atoms with Gasteiger partial charge in [0.15, 0.2) is 5.82 Å². The molecule has 0 saturated heterocycles. The van der Waals surface area contributed by atoms with Crippen LogP contribution < -0.4 is 0 Å². The van der Waals surface area contributed by atoms with Crippen LogP contribution in [0.4, 0.5) is 0 Å². The van der Waals surface area contributed by atoms with Crippen LogP contribution in [0.1, 0.15) is 31.2 Å². The molecule has 0 fully saturated rings. The standard InChI is InChI=1S/C15H17N5S/c1-10(2)14-17-18-15(21)20(14)16-8-11-9-19(3)13-7-5-4-6-12(11)13/h4-10H,1-3H3,(H,18,21)/b16-8-. The maximum atomic E-state index is 5.23. The molecule has 5 nitrogen and oxygen atoms in total. The van der Waals surface area contributed by atoms with Gasteiger partial charge in [-0.1, -0.05) is 32.0 Å². The zero-order chi connectivity index (χ0) is 15.0. The van der Waals surface area contributed by atoms with Crippen molar-refractivity contribution in [3.8, 4) is 0 Å². The maximum Gasteiger partial charge on any atom is 0.216 e. The average Bonchev–Trinajstić information content (AvgIpc) is 2.98. The highest BCUT2D eigenvalue weighted by Crippen LogP contribution is 2.19. The predicted molar refractivity (Wildman–Crippen MR) is 87.4 cm³/mol. The van der Waals surface area contributed by atoms with Crippen molar-refractivity contribution in [1.82, 2.24) is 19.4 Å². The zero-order valence-electron chi connectivity index (χ0n) is 12.2. The summed E-state index contributed by atoms with van der Waals surface area (Å²) in [4.78, 5) is 0. The van der Waals surface area contributed by atoms with Gasteiger partial charge in [-0.2, -0.15) is 14.9 Å². The molecule has 0 spiro atoms. The van der Waals surface area contributed by atoms with E-state index in [-0.39, 0.29) is 5.92 Å². The molecule has 0 bridgehead atoms. The van der Waals surface area contributed by atoms with Crippen LogP contribution in [0.5, 0.6) is 0 Å². The first-order chi connectivity index (χ1) is 10.1. The van der Waals surface area contributed by atoms with E-state index in [1.807, 2.05) is 25.4 Å². The van der Waals surface area contributed by atoms with Crippen LogP contribution in [-0.2, 0) is 7.05 Å². The Labute approximate surface area is 127 Å². The molecule has 0 aliphatic rings. The molecule has 0 aliphatic carbocycles. The minimum absolute atomic E-state index is 0.252. The van der Waals surface area contributed by atoms with Crippen molar-refractivity contribution >= 4 is 29.3 Å². The number of aryl methyl sites for hydroxylation is 1. The number of para-hydroxylation sites is 1. The Morgan fingerprint density at radius 2 is 2.10 bits per heavy atom. The monoisotopic (exact) mass is 299 g/mol. The van der Waals surface area contributed by atoms with E-state index < -0.39 is 0 Å². The molecule has 3 aromatic rings. The van der Waals surface area contributed by atoms with E-state index >= 15 is 0 Å². The van der Waals surface area contributed by atoms with Crippen LogP contribution in [0.15, 0.2) is 35.6 Å². The molecular weight excluding hydrogens is 282 g/mol. The van der Waals surface area contributed by atoms with E-state index in [1.54, 1.807) is 4.68 Å². The molecule has 0 amide bonds. The Morgan fingerprint density at radius 1 is 1.33 bits per heavy atom. The minimum atomic E-state index is 0.252. The van der Waals surface area contributed by atoms with Gasteiger partial charge in [-0.15, -0.1) is 0 Å². The van der Waals surface area contributed by atoms with Crippen LogP contribution in [0.25, 0.3) is 10.9 Å². The van der Waals surface area contributed by atoms with Gasteiger partial charge in [0.2, 0.25) is 4.77 Å². The Morgan fingerprint density at radius 3 is 2.86 bits per heavy atom. The third-order valence-electron chi connectivity index (χ3n) is 3.43. The normalized spacial score (nSPS) is 12.0. The smallest absolute Gasteiger partial charge is 0.216 e. The molecule has 0 radical (unpaired) electrons. The van der Waals surface area contributed by atoms with Gasteiger partial charge in [0.1, 0.15) is 0 Å². The molecular formula is C15H17N5S. The van der Waals surface area contributed by atoms with Gasteiger partial charge < -0.3 is 4.57 Å². The molecule has 108 valence electrons. The number of nitrogens with zero attached hydrogens (tertiary/aromatic N) is 4. The van der Waals surface area contributed by atoms with Crippen molar-refractivity contribution in [1.29, 1.82) is 0 Å². The highest BCUT2D eigenvalue weighted by molar-refractivity contribution is 7.71. The van der Waals surface area contributed by atoms with Gasteiger partial charge in [-0.05, 0) is 18.3 Å². The second kappa shape index (κ2) is 5.29. The van der Waals surface area contributed by atoms with Crippen LogP contribution in [0.2, 0.25) is 0 Å².